The van der Waals surface area contributed by atoms with Crippen molar-refractivity contribution in [1.82, 2.24) is 19.3 Å². The summed E-state index contributed by atoms with van der Waals surface area (Å²) < 4.78 is 30.3. The summed E-state index contributed by atoms with van der Waals surface area (Å²) in [5.41, 5.74) is 0. The minimum Gasteiger partial charge on any atom is -0.339 e. The molecule has 2 heterocycles. The lowest BCUT2D eigenvalue weighted by atomic mass is 9.97. The fourth-order valence-electron chi connectivity index (χ4n) is 3.03. The first kappa shape index (κ1) is 16.9. The average Bonchev–Trinajstić information content (AvgIpc) is 3.24. The summed E-state index contributed by atoms with van der Waals surface area (Å²) in [5, 5.41) is 4.16. The van der Waals surface area contributed by atoms with Gasteiger partial charge < -0.3 is 9.42 Å². The molecular weight excluding hydrogens is 316 g/mol. The quantitative estimate of drug-likeness (QED) is 0.745. The molecule has 0 aromatic carbocycles. The second kappa shape index (κ2) is 6.86. The zero-order valence-corrected chi connectivity index (χ0v) is 14.8. The normalized spacial score (nSPS) is 23.5. The first-order chi connectivity index (χ1) is 11.0. The molecule has 23 heavy (non-hydrogen) atoms. The van der Waals surface area contributed by atoms with Gasteiger partial charge in [-0.05, 0) is 45.2 Å². The molecule has 0 bridgehead atoms. The molecular formula is C15H26N4O3S. The molecule has 0 unspecified atom stereocenters. The lowest BCUT2D eigenvalue weighted by Crippen LogP contribution is -2.36. The van der Waals surface area contributed by atoms with E-state index in [2.05, 4.69) is 15.0 Å². The minimum absolute atomic E-state index is 0.204. The van der Waals surface area contributed by atoms with Crippen LogP contribution in [-0.2, 0) is 10.0 Å². The largest absolute Gasteiger partial charge is 0.339 e. The lowest BCUT2D eigenvalue weighted by Gasteiger charge is -2.31. The monoisotopic (exact) mass is 342 g/mol. The molecule has 1 aliphatic carbocycles. The molecule has 3 rings (SSSR count). The van der Waals surface area contributed by atoms with Gasteiger partial charge in [-0.3, -0.25) is 0 Å². The molecule has 130 valence electrons. The number of nitrogens with zero attached hydrogens (tertiary/aromatic N) is 4. The van der Waals surface area contributed by atoms with E-state index in [0.717, 1.165) is 44.2 Å². The number of sulfonamides is 1. The van der Waals surface area contributed by atoms with Crippen LogP contribution in [0.2, 0.25) is 0 Å². The van der Waals surface area contributed by atoms with Gasteiger partial charge in [0.2, 0.25) is 15.9 Å². The van der Waals surface area contributed by atoms with Gasteiger partial charge in [0.05, 0.1) is 5.75 Å². The highest BCUT2D eigenvalue weighted by Gasteiger charge is 2.32. The van der Waals surface area contributed by atoms with Crippen molar-refractivity contribution in [3.63, 3.8) is 0 Å². The molecule has 1 saturated heterocycles. The molecule has 1 aromatic rings. The van der Waals surface area contributed by atoms with E-state index in [9.17, 15) is 8.42 Å². The van der Waals surface area contributed by atoms with Crippen LogP contribution in [0, 0.1) is 0 Å². The first-order valence-corrected chi connectivity index (χ1v) is 10.0. The van der Waals surface area contributed by atoms with E-state index in [1.165, 1.54) is 17.1 Å². The zero-order chi connectivity index (χ0) is 16.4. The molecule has 7 nitrogen and oxygen atoms in total. The molecule has 2 aliphatic rings. The summed E-state index contributed by atoms with van der Waals surface area (Å²) in [7, 11) is 0.0696. The van der Waals surface area contributed by atoms with Gasteiger partial charge in [-0.2, -0.15) is 4.98 Å². The van der Waals surface area contributed by atoms with E-state index in [-0.39, 0.29) is 5.75 Å². The van der Waals surface area contributed by atoms with E-state index in [0.29, 0.717) is 18.3 Å². The Kier molecular flexibility index (Phi) is 5.03. The van der Waals surface area contributed by atoms with Crippen LogP contribution < -0.4 is 0 Å². The standard InChI is InChI=1S/C15H26N4O3S/c1-18(2)23(20,21)10-4-9-19-8-3-5-13(11-19)14-16-15(22-17-14)12-6-7-12/h12-13H,3-11H2,1-2H3/t13-/m1/s1. The van der Waals surface area contributed by atoms with Gasteiger partial charge in [0.15, 0.2) is 5.82 Å². The Morgan fingerprint density at radius 1 is 1.26 bits per heavy atom. The summed E-state index contributed by atoms with van der Waals surface area (Å²) >= 11 is 0. The fraction of sp³-hybridized carbons (Fsp3) is 0.867. The highest BCUT2D eigenvalue weighted by atomic mass is 32.2. The Morgan fingerprint density at radius 2 is 2.04 bits per heavy atom. The van der Waals surface area contributed by atoms with Crippen molar-refractivity contribution in [2.75, 3.05) is 39.5 Å². The molecule has 0 amide bonds. The lowest BCUT2D eigenvalue weighted by molar-refractivity contribution is 0.202. The Balaban J connectivity index is 1.49. The molecule has 0 N–H and O–H groups in total. The Bertz CT molecular complexity index is 624. The number of hydrogen-bond donors (Lipinski definition) is 0. The van der Waals surface area contributed by atoms with Crippen LogP contribution in [0.5, 0.6) is 0 Å². The van der Waals surface area contributed by atoms with E-state index in [4.69, 9.17) is 4.52 Å². The van der Waals surface area contributed by atoms with E-state index in [1.54, 1.807) is 14.1 Å². The van der Waals surface area contributed by atoms with Crippen molar-refractivity contribution in [3.05, 3.63) is 11.7 Å². The van der Waals surface area contributed by atoms with Crippen LogP contribution >= 0.6 is 0 Å². The number of aromatic nitrogens is 2. The Labute approximate surface area is 138 Å². The second-order valence-corrected chi connectivity index (χ2v) is 9.16. The predicted octanol–water partition coefficient (Wildman–Crippen LogP) is 1.41. The third kappa shape index (κ3) is 4.30. The van der Waals surface area contributed by atoms with Crippen LogP contribution in [0.4, 0.5) is 0 Å². The third-order valence-electron chi connectivity index (χ3n) is 4.69. The van der Waals surface area contributed by atoms with Gasteiger partial charge in [-0.15, -0.1) is 0 Å². The molecule has 1 saturated carbocycles. The van der Waals surface area contributed by atoms with E-state index >= 15 is 0 Å². The van der Waals surface area contributed by atoms with Gasteiger partial charge in [0.25, 0.3) is 0 Å². The molecule has 2 fully saturated rings. The molecule has 0 radical (unpaired) electrons. The number of likely N-dealkylation sites (tertiary alicyclic amines) is 1. The first-order valence-electron chi connectivity index (χ1n) is 8.42. The Morgan fingerprint density at radius 3 is 2.74 bits per heavy atom. The van der Waals surface area contributed by atoms with Gasteiger partial charge >= 0.3 is 0 Å². The molecule has 1 aromatic heterocycles. The van der Waals surface area contributed by atoms with Crippen LogP contribution in [0.3, 0.4) is 0 Å². The fourth-order valence-corrected chi connectivity index (χ4v) is 3.89. The van der Waals surface area contributed by atoms with E-state index < -0.39 is 10.0 Å². The topological polar surface area (TPSA) is 79.5 Å². The van der Waals surface area contributed by atoms with Gasteiger partial charge in [-0.25, -0.2) is 12.7 Å². The van der Waals surface area contributed by atoms with Crippen molar-refractivity contribution in [2.45, 2.75) is 43.9 Å². The molecule has 8 heteroatoms. The smallest absolute Gasteiger partial charge is 0.229 e. The van der Waals surface area contributed by atoms with Gasteiger partial charge in [0.1, 0.15) is 0 Å². The van der Waals surface area contributed by atoms with Crippen LogP contribution in [0.1, 0.15) is 55.7 Å². The summed E-state index contributed by atoms with van der Waals surface area (Å²) in [6.45, 7) is 2.72. The highest BCUT2D eigenvalue weighted by molar-refractivity contribution is 7.89. The highest BCUT2D eigenvalue weighted by Crippen LogP contribution is 2.39. The summed E-state index contributed by atoms with van der Waals surface area (Å²) in [4.78, 5) is 6.89. The molecule has 0 spiro atoms. The average molecular weight is 342 g/mol. The SMILES string of the molecule is CN(C)S(=O)(=O)CCCN1CCC[C@@H](c2noc(C3CC3)n2)C1. The van der Waals surface area contributed by atoms with Crippen molar-refractivity contribution >= 4 is 10.0 Å². The van der Waals surface area contributed by atoms with Gasteiger partial charge in [-0.1, -0.05) is 5.16 Å². The maximum Gasteiger partial charge on any atom is 0.229 e. The molecule has 1 atom stereocenters. The maximum atomic E-state index is 11.8. The third-order valence-corrected chi connectivity index (χ3v) is 6.60. The predicted molar refractivity (Wildman–Crippen MR) is 86.8 cm³/mol. The van der Waals surface area contributed by atoms with Gasteiger partial charge in [0, 0.05) is 32.5 Å². The summed E-state index contributed by atoms with van der Waals surface area (Å²) in [5.74, 6) is 2.64. The van der Waals surface area contributed by atoms with Crippen molar-refractivity contribution < 1.29 is 12.9 Å². The second-order valence-electron chi connectivity index (χ2n) is 6.86. The van der Waals surface area contributed by atoms with Crippen molar-refractivity contribution in [2.24, 2.45) is 0 Å². The zero-order valence-electron chi connectivity index (χ0n) is 13.9. The molecule has 1 aliphatic heterocycles. The van der Waals surface area contributed by atoms with Crippen LogP contribution in [0.25, 0.3) is 0 Å². The van der Waals surface area contributed by atoms with Crippen LogP contribution in [-0.4, -0.2) is 67.2 Å². The van der Waals surface area contributed by atoms with Crippen molar-refractivity contribution in [1.29, 1.82) is 0 Å². The number of piperidine rings is 1. The van der Waals surface area contributed by atoms with E-state index in [1.807, 2.05) is 0 Å². The van der Waals surface area contributed by atoms with Crippen molar-refractivity contribution in [3.8, 4) is 0 Å². The number of hydrogen-bond acceptors (Lipinski definition) is 6. The van der Waals surface area contributed by atoms with Crippen LogP contribution in [0.15, 0.2) is 4.52 Å². The Hall–Kier alpha value is -0.990. The number of rotatable bonds is 7. The maximum absolute atomic E-state index is 11.8. The summed E-state index contributed by atoms with van der Waals surface area (Å²) in [6, 6.07) is 0. The summed E-state index contributed by atoms with van der Waals surface area (Å²) in [6.07, 6.45) is 5.17. The minimum atomic E-state index is -3.10.